The minimum atomic E-state index is 0.149. The Bertz CT molecular complexity index is 208. The second-order valence-electron chi connectivity index (χ2n) is 2.19. The van der Waals surface area contributed by atoms with Crippen LogP contribution >= 0.6 is 0 Å². The van der Waals surface area contributed by atoms with Gasteiger partial charge in [0.25, 0.3) is 0 Å². The van der Waals surface area contributed by atoms with Gasteiger partial charge in [-0.1, -0.05) is 30.3 Å². The molecule has 0 aromatic heterocycles. The third-order valence-electron chi connectivity index (χ3n) is 1.44. The summed E-state index contributed by atoms with van der Waals surface area (Å²) in [5.41, 5.74) is 1.18. The van der Waals surface area contributed by atoms with Crippen LogP contribution in [-0.4, -0.2) is 0 Å². The van der Waals surface area contributed by atoms with Gasteiger partial charge in [0.1, 0.15) is 0 Å². The van der Waals surface area contributed by atoms with Gasteiger partial charge in [-0.05, 0) is 12.5 Å². The first kappa shape index (κ1) is 7.35. The van der Waals surface area contributed by atoms with Gasteiger partial charge in [0.15, 0.2) is 0 Å². The molecule has 0 aliphatic rings. The molecule has 0 aliphatic heterocycles. The van der Waals surface area contributed by atoms with Crippen LogP contribution in [-0.2, 0) is 12.4 Å². The number of nitrogens with zero attached hydrogens (tertiary/aromatic N) is 1. The molecule has 0 spiro atoms. The molecular formula is C8H9NS. The van der Waals surface area contributed by atoms with Gasteiger partial charge in [-0.15, -0.1) is 0 Å². The largest absolute Gasteiger partial charge is 0.212 e. The number of hydrogen-bond donors (Lipinski definition) is 0. The Balaban J connectivity index is 2.84. The highest BCUT2D eigenvalue weighted by molar-refractivity contribution is 7.47. The van der Waals surface area contributed by atoms with Gasteiger partial charge in [0.05, 0.1) is 6.04 Å². The van der Waals surface area contributed by atoms with E-state index in [1.165, 1.54) is 5.56 Å². The van der Waals surface area contributed by atoms with Crippen LogP contribution < -0.4 is 0 Å². The Morgan fingerprint density at radius 2 is 1.90 bits per heavy atom. The van der Waals surface area contributed by atoms with Crippen LogP contribution in [0.5, 0.6) is 0 Å². The van der Waals surface area contributed by atoms with Crippen molar-refractivity contribution in [2.75, 3.05) is 0 Å². The van der Waals surface area contributed by atoms with Crippen molar-refractivity contribution in [1.29, 1.82) is 0 Å². The molecule has 0 N–H and O–H groups in total. The van der Waals surface area contributed by atoms with Crippen LogP contribution in [0, 0.1) is 0 Å². The molecule has 0 radical (unpaired) electrons. The van der Waals surface area contributed by atoms with Crippen LogP contribution in [0.3, 0.4) is 0 Å². The zero-order chi connectivity index (χ0) is 7.40. The van der Waals surface area contributed by atoms with E-state index in [0.29, 0.717) is 0 Å². The van der Waals surface area contributed by atoms with Crippen molar-refractivity contribution in [3.63, 3.8) is 0 Å². The van der Waals surface area contributed by atoms with E-state index in [-0.39, 0.29) is 6.04 Å². The molecule has 1 atom stereocenters. The lowest BCUT2D eigenvalue weighted by Gasteiger charge is -2.01. The first-order valence-electron chi connectivity index (χ1n) is 3.22. The quantitative estimate of drug-likeness (QED) is 0.632. The van der Waals surface area contributed by atoms with Crippen molar-refractivity contribution >= 4 is 12.4 Å². The van der Waals surface area contributed by atoms with Crippen LogP contribution in [0.15, 0.2) is 34.7 Å². The van der Waals surface area contributed by atoms with Gasteiger partial charge in [-0.3, -0.25) is 0 Å². The Morgan fingerprint density at radius 3 is 2.40 bits per heavy atom. The summed E-state index contributed by atoms with van der Waals surface area (Å²) in [6, 6.07) is 10.2. The molecule has 10 heavy (non-hydrogen) atoms. The Labute approximate surface area is 66.3 Å². The lowest BCUT2D eigenvalue weighted by molar-refractivity contribution is 0.837. The van der Waals surface area contributed by atoms with Gasteiger partial charge in [0, 0.05) is 12.4 Å². The van der Waals surface area contributed by atoms with Crippen molar-refractivity contribution in [3.8, 4) is 0 Å². The first-order valence-corrected chi connectivity index (χ1v) is 3.58. The van der Waals surface area contributed by atoms with E-state index in [2.05, 4.69) is 16.8 Å². The fraction of sp³-hybridized carbons (Fsp3) is 0.250. The van der Waals surface area contributed by atoms with Gasteiger partial charge >= 0.3 is 0 Å². The molecule has 52 valence electrons. The summed E-state index contributed by atoms with van der Waals surface area (Å²) in [4.78, 5) is 0. The number of hydrogen-bond acceptors (Lipinski definition) is 2. The minimum Gasteiger partial charge on any atom is -0.212 e. The summed E-state index contributed by atoms with van der Waals surface area (Å²) in [7, 11) is 0. The molecule has 1 aromatic carbocycles. The molecule has 1 nitrogen and oxygen atoms in total. The molecule has 0 fully saturated rings. The molecule has 0 saturated carbocycles. The van der Waals surface area contributed by atoms with Crippen LogP contribution in [0.2, 0.25) is 0 Å². The van der Waals surface area contributed by atoms with Gasteiger partial charge in [-0.2, -0.15) is 0 Å². The SMILES string of the molecule is CC(N=S)c1ccccc1. The average Bonchev–Trinajstić information content (AvgIpc) is 2.05. The second-order valence-corrected chi connectivity index (χ2v) is 2.40. The molecule has 1 unspecified atom stereocenters. The molecule has 0 aliphatic carbocycles. The van der Waals surface area contributed by atoms with E-state index in [0.717, 1.165) is 0 Å². The van der Waals surface area contributed by atoms with Crippen molar-refractivity contribution in [2.45, 2.75) is 13.0 Å². The topological polar surface area (TPSA) is 12.4 Å². The molecule has 0 bridgehead atoms. The maximum absolute atomic E-state index is 4.58. The molecule has 2 heteroatoms. The number of rotatable bonds is 2. The molecule has 0 heterocycles. The standard InChI is InChI=1S/C8H9NS/c1-7(9-10)8-5-3-2-4-6-8/h2-7H,1H3. The monoisotopic (exact) mass is 151 g/mol. The van der Waals surface area contributed by atoms with Crippen LogP contribution in [0.1, 0.15) is 18.5 Å². The van der Waals surface area contributed by atoms with Crippen LogP contribution in [0.25, 0.3) is 0 Å². The van der Waals surface area contributed by atoms with E-state index < -0.39 is 0 Å². The first-order chi connectivity index (χ1) is 4.84. The van der Waals surface area contributed by atoms with E-state index in [9.17, 15) is 0 Å². The lowest BCUT2D eigenvalue weighted by atomic mass is 10.1. The van der Waals surface area contributed by atoms with Crippen molar-refractivity contribution in [3.05, 3.63) is 35.9 Å². The summed E-state index contributed by atoms with van der Waals surface area (Å²) in [5, 5.41) is 0. The summed E-state index contributed by atoms with van der Waals surface area (Å²) in [5.74, 6) is 0. The normalized spacial score (nSPS) is 12.5. The van der Waals surface area contributed by atoms with E-state index in [1.807, 2.05) is 37.3 Å². The van der Waals surface area contributed by atoms with Crippen molar-refractivity contribution in [1.82, 2.24) is 0 Å². The molecular weight excluding hydrogens is 142 g/mol. The van der Waals surface area contributed by atoms with E-state index >= 15 is 0 Å². The zero-order valence-electron chi connectivity index (χ0n) is 5.82. The fourth-order valence-electron chi connectivity index (χ4n) is 0.792. The summed E-state index contributed by atoms with van der Waals surface area (Å²) in [6.07, 6.45) is 0. The zero-order valence-corrected chi connectivity index (χ0v) is 6.64. The van der Waals surface area contributed by atoms with Gasteiger partial charge in [0.2, 0.25) is 0 Å². The molecule has 1 aromatic rings. The Hall–Kier alpha value is -0.760. The fourth-order valence-corrected chi connectivity index (χ4v) is 0.914. The summed E-state index contributed by atoms with van der Waals surface area (Å²) in [6.45, 7) is 1.99. The predicted molar refractivity (Wildman–Crippen MR) is 44.7 cm³/mol. The highest BCUT2D eigenvalue weighted by Gasteiger charge is 1.98. The third-order valence-corrected chi connectivity index (χ3v) is 1.76. The molecule has 0 saturated heterocycles. The maximum Gasteiger partial charge on any atom is 0.0852 e. The average molecular weight is 151 g/mol. The second kappa shape index (κ2) is 3.42. The predicted octanol–water partition coefficient (Wildman–Crippen LogP) is 2.48. The highest BCUT2D eigenvalue weighted by atomic mass is 32.1. The third kappa shape index (κ3) is 1.61. The lowest BCUT2D eigenvalue weighted by Crippen LogP contribution is -1.85. The minimum absolute atomic E-state index is 0.149. The molecule has 1 rings (SSSR count). The van der Waals surface area contributed by atoms with Crippen LogP contribution in [0.4, 0.5) is 0 Å². The van der Waals surface area contributed by atoms with Crippen molar-refractivity contribution < 1.29 is 0 Å². The number of benzene rings is 1. The highest BCUT2D eigenvalue weighted by Crippen LogP contribution is 2.14. The molecule has 0 amide bonds. The van der Waals surface area contributed by atoms with E-state index in [1.54, 1.807) is 0 Å². The summed E-state index contributed by atoms with van der Waals surface area (Å²) < 4.78 is 3.74. The van der Waals surface area contributed by atoms with Gasteiger partial charge in [-0.25, -0.2) is 4.36 Å². The Kier molecular flexibility index (Phi) is 2.51. The maximum atomic E-state index is 4.58. The van der Waals surface area contributed by atoms with E-state index in [4.69, 9.17) is 0 Å². The van der Waals surface area contributed by atoms with Gasteiger partial charge < -0.3 is 0 Å². The Morgan fingerprint density at radius 1 is 1.30 bits per heavy atom. The smallest absolute Gasteiger partial charge is 0.0852 e. The summed E-state index contributed by atoms with van der Waals surface area (Å²) >= 11 is 4.58. The van der Waals surface area contributed by atoms with Crippen molar-refractivity contribution in [2.24, 2.45) is 4.36 Å².